The van der Waals surface area contributed by atoms with E-state index in [4.69, 9.17) is 4.74 Å². The lowest BCUT2D eigenvalue weighted by atomic mass is 9.80. The summed E-state index contributed by atoms with van der Waals surface area (Å²) in [6, 6.07) is 0. The highest BCUT2D eigenvalue weighted by molar-refractivity contribution is 4.91. The van der Waals surface area contributed by atoms with Crippen LogP contribution in [0.15, 0.2) is 0 Å². The van der Waals surface area contributed by atoms with Crippen LogP contribution in [0.25, 0.3) is 0 Å². The minimum absolute atomic E-state index is 0.337. The lowest BCUT2D eigenvalue weighted by Crippen LogP contribution is -2.36. The van der Waals surface area contributed by atoms with Crippen LogP contribution < -0.4 is 0 Å². The van der Waals surface area contributed by atoms with E-state index in [-0.39, 0.29) is 5.60 Å². The van der Waals surface area contributed by atoms with Crippen LogP contribution in [0.4, 0.5) is 0 Å². The van der Waals surface area contributed by atoms with E-state index in [0.717, 1.165) is 38.0 Å². The Morgan fingerprint density at radius 1 is 1.23 bits per heavy atom. The van der Waals surface area contributed by atoms with Gasteiger partial charge < -0.3 is 9.84 Å². The Labute approximate surface area is 80.3 Å². The minimum Gasteiger partial charge on any atom is -0.390 e. The number of hydrogen-bond donors (Lipinski definition) is 1. The molecule has 13 heavy (non-hydrogen) atoms. The Bertz CT molecular complexity index is 167. The molecule has 0 heterocycles. The van der Waals surface area contributed by atoms with Crippen LogP contribution in [0.5, 0.6) is 0 Å². The molecule has 2 aliphatic carbocycles. The minimum atomic E-state index is -0.337. The number of rotatable bonds is 3. The summed E-state index contributed by atoms with van der Waals surface area (Å²) in [4.78, 5) is 0. The molecular formula is C11H20O2. The summed E-state index contributed by atoms with van der Waals surface area (Å²) in [6.07, 6.45) is 8.11. The fourth-order valence-corrected chi connectivity index (χ4v) is 2.43. The molecule has 2 saturated carbocycles. The molecule has 0 bridgehead atoms. The first-order valence-corrected chi connectivity index (χ1v) is 5.47. The van der Waals surface area contributed by atoms with E-state index in [2.05, 4.69) is 0 Å². The lowest BCUT2D eigenvalue weighted by Gasteiger charge is -2.35. The summed E-state index contributed by atoms with van der Waals surface area (Å²) in [5.74, 6) is 0.837. The van der Waals surface area contributed by atoms with Crippen molar-refractivity contribution in [3.05, 3.63) is 0 Å². The normalized spacial score (nSPS) is 40.6. The van der Waals surface area contributed by atoms with E-state index < -0.39 is 0 Å². The van der Waals surface area contributed by atoms with E-state index in [1.54, 1.807) is 7.11 Å². The maximum absolute atomic E-state index is 10.2. The van der Waals surface area contributed by atoms with Gasteiger partial charge in [-0.15, -0.1) is 0 Å². The summed E-state index contributed by atoms with van der Waals surface area (Å²) in [5, 5.41) is 10.2. The van der Waals surface area contributed by atoms with Gasteiger partial charge in [0.15, 0.2) is 0 Å². The fourth-order valence-electron chi connectivity index (χ4n) is 2.43. The van der Waals surface area contributed by atoms with Crippen molar-refractivity contribution in [2.75, 3.05) is 7.11 Å². The first-order chi connectivity index (χ1) is 6.22. The third-order valence-electron chi connectivity index (χ3n) is 3.56. The van der Waals surface area contributed by atoms with E-state index >= 15 is 0 Å². The Morgan fingerprint density at radius 2 is 1.85 bits per heavy atom. The monoisotopic (exact) mass is 184 g/mol. The van der Waals surface area contributed by atoms with Crippen molar-refractivity contribution in [1.29, 1.82) is 0 Å². The van der Waals surface area contributed by atoms with Gasteiger partial charge in [0.1, 0.15) is 0 Å². The van der Waals surface area contributed by atoms with Crippen molar-refractivity contribution in [3.63, 3.8) is 0 Å². The highest BCUT2D eigenvalue weighted by Gasteiger charge is 2.38. The molecule has 0 amide bonds. The second-order valence-corrected chi connectivity index (χ2v) is 4.81. The quantitative estimate of drug-likeness (QED) is 0.728. The van der Waals surface area contributed by atoms with Crippen molar-refractivity contribution < 1.29 is 9.84 Å². The number of aliphatic hydroxyl groups is 1. The van der Waals surface area contributed by atoms with E-state index in [9.17, 15) is 5.11 Å². The molecule has 2 fully saturated rings. The number of methoxy groups -OCH3 is 1. The Hall–Kier alpha value is -0.0800. The maximum atomic E-state index is 10.2. The Morgan fingerprint density at radius 3 is 2.31 bits per heavy atom. The molecule has 0 radical (unpaired) electrons. The van der Waals surface area contributed by atoms with Crippen LogP contribution in [0.1, 0.15) is 44.9 Å². The molecule has 0 spiro atoms. The average molecular weight is 184 g/mol. The van der Waals surface area contributed by atoms with Gasteiger partial charge in [0.05, 0.1) is 11.7 Å². The zero-order chi connectivity index (χ0) is 9.31. The van der Waals surface area contributed by atoms with Crippen molar-refractivity contribution >= 4 is 0 Å². The largest absolute Gasteiger partial charge is 0.390 e. The molecule has 2 nitrogen and oxygen atoms in total. The van der Waals surface area contributed by atoms with E-state index in [1.807, 2.05) is 0 Å². The van der Waals surface area contributed by atoms with Gasteiger partial charge >= 0.3 is 0 Å². The molecule has 0 atom stereocenters. The molecule has 1 N–H and O–H groups in total. The van der Waals surface area contributed by atoms with Gasteiger partial charge in [0.25, 0.3) is 0 Å². The predicted octanol–water partition coefficient (Wildman–Crippen LogP) is 2.11. The Balaban J connectivity index is 1.80. The Kier molecular flexibility index (Phi) is 2.61. The van der Waals surface area contributed by atoms with Crippen LogP contribution in [0.2, 0.25) is 0 Å². The molecule has 0 aromatic heterocycles. The van der Waals surface area contributed by atoms with Crippen LogP contribution in [-0.4, -0.2) is 23.9 Å². The van der Waals surface area contributed by atoms with Gasteiger partial charge in [-0.05, 0) is 38.0 Å². The first-order valence-electron chi connectivity index (χ1n) is 5.47. The topological polar surface area (TPSA) is 29.5 Å². The lowest BCUT2D eigenvalue weighted by molar-refractivity contribution is -0.0511. The molecule has 2 aliphatic rings. The molecule has 0 aliphatic heterocycles. The molecule has 2 rings (SSSR count). The van der Waals surface area contributed by atoms with E-state index in [1.165, 1.54) is 12.8 Å². The molecule has 76 valence electrons. The third kappa shape index (κ3) is 2.44. The van der Waals surface area contributed by atoms with Crippen molar-refractivity contribution in [2.45, 2.75) is 56.7 Å². The van der Waals surface area contributed by atoms with Gasteiger partial charge in [0.2, 0.25) is 0 Å². The van der Waals surface area contributed by atoms with Gasteiger partial charge in [-0.2, -0.15) is 0 Å². The summed E-state index contributed by atoms with van der Waals surface area (Å²) >= 11 is 0. The van der Waals surface area contributed by atoms with Gasteiger partial charge in [-0.3, -0.25) is 0 Å². The van der Waals surface area contributed by atoms with Crippen LogP contribution >= 0.6 is 0 Å². The second-order valence-electron chi connectivity index (χ2n) is 4.81. The SMILES string of the molecule is COC1CCC(O)(CC2CC2)CC1. The summed E-state index contributed by atoms with van der Waals surface area (Å²) in [5.41, 5.74) is -0.337. The molecule has 0 unspecified atom stereocenters. The molecule has 2 heteroatoms. The average Bonchev–Trinajstić information content (AvgIpc) is 2.89. The van der Waals surface area contributed by atoms with Crippen molar-refractivity contribution in [1.82, 2.24) is 0 Å². The van der Waals surface area contributed by atoms with Crippen LogP contribution in [0, 0.1) is 5.92 Å². The zero-order valence-corrected chi connectivity index (χ0v) is 8.46. The maximum Gasteiger partial charge on any atom is 0.0652 e. The molecule has 0 aromatic carbocycles. The highest BCUT2D eigenvalue weighted by Crippen LogP contribution is 2.42. The van der Waals surface area contributed by atoms with Gasteiger partial charge in [-0.25, -0.2) is 0 Å². The molecule has 0 aromatic rings. The molecule has 0 saturated heterocycles. The van der Waals surface area contributed by atoms with Crippen LogP contribution in [-0.2, 0) is 4.74 Å². The number of hydrogen-bond acceptors (Lipinski definition) is 2. The smallest absolute Gasteiger partial charge is 0.0652 e. The van der Waals surface area contributed by atoms with Crippen molar-refractivity contribution in [2.24, 2.45) is 5.92 Å². The summed E-state index contributed by atoms with van der Waals surface area (Å²) in [7, 11) is 1.77. The number of ether oxygens (including phenoxy) is 1. The zero-order valence-electron chi connectivity index (χ0n) is 8.46. The summed E-state index contributed by atoms with van der Waals surface area (Å²) < 4.78 is 5.29. The second kappa shape index (κ2) is 3.58. The standard InChI is InChI=1S/C11H20O2/c1-13-10-4-6-11(12,7-5-10)8-9-2-3-9/h9-10,12H,2-8H2,1H3. The van der Waals surface area contributed by atoms with Gasteiger partial charge in [-0.1, -0.05) is 12.8 Å². The predicted molar refractivity (Wildman–Crippen MR) is 51.6 cm³/mol. The fraction of sp³-hybridized carbons (Fsp3) is 1.00. The van der Waals surface area contributed by atoms with Crippen LogP contribution in [0.3, 0.4) is 0 Å². The highest BCUT2D eigenvalue weighted by atomic mass is 16.5. The van der Waals surface area contributed by atoms with E-state index in [0.29, 0.717) is 6.10 Å². The third-order valence-corrected chi connectivity index (χ3v) is 3.56. The van der Waals surface area contributed by atoms with Gasteiger partial charge in [0, 0.05) is 7.11 Å². The van der Waals surface area contributed by atoms with Crippen molar-refractivity contribution in [3.8, 4) is 0 Å². The summed E-state index contributed by atoms with van der Waals surface area (Å²) in [6.45, 7) is 0. The first kappa shape index (κ1) is 9.47. The molecular weight excluding hydrogens is 164 g/mol.